The van der Waals surface area contributed by atoms with Gasteiger partial charge in [-0.1, -0.05) is 12.1 Å². The summed E-state index contributed by atoms with van der Waals surface area (Å²) in [7, 11) is 0. The Bertz CT molecular complexity index is 1850. The van der Waals surface area contributed by atoms with Crippen LogP contribution in [0, 0.1) is 0 Å². The van der Waals surface area contributed by atoms with Crippen molar-refractivity contribution in [3.05, 3.63) is 35.4 Å². The van der Waals surface area contributed by atoms with Crippen molar-refractivity contribution < 1.29 is 110 Å². The fourth-order valence-corrected chi connectivity index (χ4v) is 6.33. The van der Waals surface area contributed by atoms with Crippen molar-refractivity contribution in [2.45, 2.75) is 116 Å². The molecule has 0 saturated carbocycles. The van der Waals surface area contributed by atoms with Gasteiger partial charge in [-0.05, 0) is 12.1 Å². The molecule has 3 aliphatic heterocycles. The van der Waals surface area contributed by atoms with E-state index < -0.39 is 147 Å². The molecule has 24 nitrogen and oxygen atoms in total. The van der Waals surface area contributed by atoms with E-state index in [2.05, 4.69) is 0 Å². The molecule has 61 heavy (non-hydrogen) atoms. The van der Waals surface area contributed by atoms with Gasteiger partial charge in [-0.3, -0.25) is 43.2 Å². The third-order valence-corrected chi connectivity index (χ3v) is 8.56. The molecule has 1 aromatic rings. The number of imide groups is 1. The van der Waals surface area contributed by atoms with Gasteiger partial charge in [0.1, 0.15) is 31.5 Å². The van der Waals surface area contributed by atoms with E-state index in [0.29, 0.717) is 0 Å². The maximum absolute atomic E-state index is 12.9. The lowest BCUT2D eigenvalue weighted by molar-refractivity contribution is -0.362. The van der Waals surface area contributed by atoms with Crippen molar-refractivity contribution in [3.63, 3.8) is 0 Å². The summed E-state index contributed by atoms with van der Waals surface area (Å²) in [4.78, 5) is 130. The number of aliphatic carboxylic acids is 1. The molecule has 11 atom stereocenters. The van der Waals surface area contributed by atoms with Gasteiger partial charge in [-0.15, -0.1) is 5.06 Å². The van der Waals surface area contributed by atoms with Gasteiger partial charge in [-0.2, -0.15) is 0 Å². The molecule has 0 aliphatic carbocycles. The zero-order chi connectivity index (χ0) is 45.3. The normalized spacial score (nSPS) is 27.4. The van der Waals surface area contributed by atoms with Crippen molar-refractivity contribution in [2.24, 2.45) is 0 Å². The number of nitrogens with zero attached hydrogens (tertiary/aromatic N) is 1. The highest BCUT2D eigenvalue weighted by Gasteiger charge is 2.58. The first-order valence-corrected chi connectivity index (χ1v) is 18.3. The Hall–Kier alpha value is -6.08. The molecule has 3 heterocycles. The number of ether oxygens (including phenoxy) is 11. The van der Waals surface area contributed by atoms with E-state index in [1.807, 2.05) is 0 Å². The molecule has 0 unspecified atom stereocenters. The van der Waals surface area contributed by atoms with Crippen LogP contribution in [0.5, 0.6) is 0 Å². The SMILES string of the molecule is CC(=O)OC[C@H]1O[C@H](O[C@H]2[C@H](OC(C)=O)[C@@H](OC(C)=O)[C@H](OC[C@@H](ON3C(=O)c4ccccc4C3=O)C(=O)O)O[C@@H]2COC(C)=O)[C@H](OC(C)=O)[C@@H](OC(C)=O)[C@@H]1OC(C)=O. The van der Waals surface area contributed by atoms with Gasteiger partial charge in [0.15, 0.2) is 43.1 Å². The molecule has 2 amide bonds. The number of hydroxylamine groups is 2. The minimum absolute atomic E-state index is 0.0664. The lowest BCUT2D eigenvalue weighted by atomic mass is 9.96. The molecular formula is C37H43NO23. The van der Waals surface area contributed by atoms with Crippen LogP contribution in [0.15, 0.2) is 24.3 Å². The molecule has 0 bridgehead atoms. The number of hydrogen-bond donors (Lipinski definition) is 1. The van der Waals surface area contributed by atoms with Crippen LogP contribution in [0.3, 0.4) is 0 Å². The predicted octanol–water partition coefficient (Wildman–Crippen LogP) is -0.696. The topological polar surface area (TPSA) is 305 Å². The van der Waals surface area contributed by atoms with Crippen LogP contribution in [0.25, 0.3) is 0 Å². The van der Waals surface area contributed by atoms with Crippen LogP contribution in [0.1, 0.15) is 69.2 Å². The van der Waals surface area contributed by atoms with Crippen LogP contribution < -0.4 is 0 Å². The van der Waals surface area contributed by atoms with Crippen molar-refractivity contribution in [1.82, 2.24) is 5.06 Å². The lowest BCUT2D eigenvalue weighted by Gasteiger charge is -2.48. The number of rotatable bonds is 17. The summed E-state index contributed by atoms with van der Waals surface area (Å²) < 4.78 is 61.6. The maximum Gasteiger partial charge on any atom is 0.338 e. The summed E-state index contributed by atoms with van der Waals surface area (Å²) in [5, 5.41) is 10.2. The monoisotopic (exact) mass is 869 g/mol. The third-order valence-electron chi connectivity index (χ3n) is 8.56. The Balaban J connectivity index is 1.75. The lowest BCUT2D eigenvalue weighted by Crippen LogP contribution is -2.67. The van der Waals surface area contributed by atoms with Gasteiger partial charge in [0, 0.05) is 48.5 Å². The van der Waals surface area contributed by atoms with Gasteiger partial charge in [0.05, 0.1) is 17.7 Å². The third kappa shape index (κ3) is 12.5. The highest BCUT2D eigenvalue weighted by Crippen LogP contribution is 2.36. The number of carbonyl (C=O) groups is 10. The van der Waals surface area contributed by atoms with E-state index in [4.69, 9.17) is 56.9 Å². The summed E-state index contributed by atoms with van der Waals surface area (Å²) in [5.74, 6) is -10.4. The van der Waals surface area contributed by atoms with E-state index in [-0.39, 0.29) is 16.2 Å². The smallest absolute Gasteiger partial charge is 0.338 e. The summed E-state index contributed by atoms with van der Waals surface area (Å²) in [6.07, 6.45) is -19.9. The Morgan fingerprint density at radius 1 is 0.574 bits per heavy atom. The molecule has 1 aromatic carbocycles. The predicted molar refractivity (Wildman–Crippen MR) is 189 cm³/mol. The molecule has 4 rings (SSSR count). The average molecular weight is 870 g/mol. The fourth-order valence-electron chi connectivity index (χ4n) is 6.33. The van der Waals surface area contributed by atoms with Crippen molar-refractivity contribution in [3.8, 4) is 0 Å². The van der Waals surface area contributed by atoms with Crippen LogP contribution in [0.4, 0.5) is 0 Å². The van der Waals surface area contributed by atoms with Gasteiger partial charge >= 0.3 is 47.8 Å². The first-order valence-electron chi connectivity index (χ1n) is 18.3. The zero-order valence-electron chi connectivity index (χ0n) is 33.7. The second-order valence-electron chi connectivity index (χ2n) is 13.4. The van der Waals surface area contributed by atoms with E-state index >= 15 is 0 Å². The standard InChI is InChI=1S/C37H43NO23/c1-15(39)50-12-24-27(53-17(3)41)29(54-18(4)42)32(57-21(7)45)37(59-24)60-28-25(13-51-16(2)40)58-36(31(56-20(6)44)30(28)55-19(5)43)52-14-26(35(48)49)61-38-33(46)22-10-8-9-11-23(22)34(38)47/h8-11,24-32,36-37H,12-14H2,1-7H3,(H,48,49)/t24-,25-,26-,27-,28-,29+,30+,31-,32-,36-,37-/m1/s1. The van der Waals surface area contributed by atoms with Crippen LogP contribution >= 0.6 is 0 Å². The number of carboxylic acid groups (broad SMARTS) is 1. The highest BCUT2D eigenvalue weighted by molar-refractivity contribution is 6.20. The first kappa shape index (κ1) is 47.6. The second kappa shape index (κ2) is 20.9. The minimum atomic E-state index is -2.12. The molecule has 24 heteroatoms. The molecule has 0 aromatic heterocycles. The Morgan fingerprint density at radius 2 is 0.967 bits per heavy atom. The Labute approximate surface area is 345 Å². The molecule has 1 N–H and O–H groups in total. The summed E-state index contributed by atoms with van der Waals surface area (Å²) in [6.45, 7) is 4.43. The summed E-state index contributed by atoms with van der Waals surface area (Å²) >= 11 is 0. The van der Waals surface area contributed by atoms with Crippen LogP contribution in [0.2, 0.25) is 0 Å². The van der Waals surface area contributed by atoms with Gasteiger partial charge in [0.25, 0.3) is 11.8 Å². The molecule has 2 saturated heterocycles. The number of amides is 2. The van der Waals surface area contributed by atoms with Gasteiger partial charge < -0.3 is 57.2 Å². The van der Waals surface area contributed by atoms with Crippen LogP contribution in [-0.4, -0.2) is 157 Å². The first-order chi connectivity index (χ1) is 28.7. The number of benzene rings is 1. The van der Waals surface area contributed by atoms with Gasteiger partial charge in [0.2, 0.25) is 6.10 Å². The largest absolute Gasteiger partial charge is 0.479 e. The number of hydrogen-bond acceptors (Lipinski definition) is 22. The molecule has 0 spiro atoms. The average Bonchev–Trinajstić information content (AvgIpc) is 3.39. The fraction of sp³-hybridized carbons (Fsp3) is 0.568. The minimum Gasteiger partial charge on any atom is -0.479 e. The van der Waals surface area contributed by atoms with E-state index in [1.54, 1.807) is 0 Å². The van der Waals surface area contributed by atoms with E-state index in [9.17, 15) is 53.1 Å². The maximum atomic E-state index is 12.9. The molecule has 3 aliphatic rings. The molecule has 334 valence electrons. The van der Waals surface area contributed by atoms with Crippen LogP contribution in [-0.2, 0) is 95.3 Å². The van der Waals surface area contributed by atoms with Crippen molar-refractivity contribution in [2.75, 3.05) is 19.8 Å². The van der Waals surface area contributed by atoms with Crippen molar-refractivity contribution >= 4 is 59.6 Å². The molecular weight excluding hydrogens is 826 g/mol. The Morgan fingerprint density at radius 3 is 1.41 bits per heavy atom. The highest BCUT2D eigenvalue weighted by atomic mass is 16.8. The quantitative estimate of drug-likeness (QED) is 0.115. The van der Waals surface area contributed by atoms with Crippen molar-refractivity contribution in [1.29, 1.82) is 0 Å². The number of esters is 7. The second-order valence-corrected chi connectivity index (χ2v) is 13.4. The van der Waals surface area contributed by atoms with E-state index in [0.717, 1.165) is 48.5 Å². The molecule has 0 radical (unpaired) electrons. The Kier molecular flexibility index (Phi) is 16.3. The number of carboxylic acids is 1. The molecule has 2 fully saturated rings. The number of fused-ring (bicyclic) bond motifs is 1. The summed E-state index contributed by atoms with van der Waals surface area (Å²) in [6, 6.07) is 5.59. The van der Waals surface area contributed by atoms with Gasteiger partial charge in [-0.25, -0.2) is 9.63 Å². The van der Waals surface area contributed by atoms with E-state index in [1.165, 1.54) is 24.3 Å². The summed E-state index contributed by atoms with van der Waals surface area (Å²) in [5.41, 5.74) is -0.133. The zero-order valence-corrected chi connectivity index (χ0v) is 33.7. The number of carbonyl (C=O) groups excluding carboxylic acids is 9.